The number of hydrogen-bond donors (Lipinski definition) is 1. The van der Waals surface area contributed by atoms with Gasteiger partial charge in [-0.3, -0.25) is 4.98 Å². The lowest BCUT2D eigenvalue weighted by Crippen LogP contribution is -2.32. The highest BCUT2D eigenvalue weighted by molar-refractivity contribution is 4.65. The normalized spacial score (nSPS) is 11.0. The first kappa shape index (κ1) is 13.8. The van der Waals surface area contributed by atoms with Crippen molar-refractivity contribution in [1.82, 2.24) is 9.55 Å². The van der Waals surface area contributed by atoms with E-state index in [1.54, 1.807) is 0 Å². The van der Waals surface area contributed by atoms with E-state index in [0.717, 1.165) is 19.6 Å². The fourth-order valence-corrected chi connectivity index (χ4v) is 2.27. The van der Waals surface area contributed by atoms with Gasteiger partial charge >= 0.3 is 0 Å². The predicted octanol–water partition coefficient (Wildman–Crippen LogP) is 2.06. The standard InChI is InChI=1S/C15H25N4/c1-2-3-8-18-12-13-19(15-18)10-6-4-5-9-17-11-7-16-14-17/h7,11-15H,2-6,8-10H2,1H3/q+1/p+1. The van der Waals surface area contributed by atoms with E-state index >= 15 is 0 Å². The first-order chi connectivity index (χ1) is 9.38. The van der Waals surface area contributed by atoms with Crippen LogP contribution in [-0.2, 0) is 19.6 Å². The molecular weight excluding hydrogens is 236 g/mol. The minimum Gasteiger partial charge on any atom is -0.250 e. The monoisotopic (exact) mass is 262 g/mol. The summed E-state index contributed by atoms with van der Waals surface area (Å²) in [5.41, 5.74) is 0. The van der Waals surface area contributed by atoms with Crippen molar-refractivity contribution >= 4 is 0 Å². The quantitative estimate of drug-likeness (QED) is 0.529. The number of aromatic amines is 1. The SMILES string of the molecule is CCCCn1cc[n+](CCCCC[n+]2cc[nH]c2)c1. The first-order valence-corrected chi connectivity index (χ1v) is 7.45. The van der Waals surface area contributed by atoms with Gasteiger partial charge in [-0.05, 0) is 25.7 Å². The number of unbranched alkanes of at least 4 members (excludes halogenated alkanes) is 3. The van der Waals surface area contributed by atoms with Gasteiger partial charge in [0.15, 0.2) is 0 Å². The summed E-state index contributed by atoms with van der Waals surface area (Å²) in [5.74, 6) is 0. The smallest absolute Gasteiger partial charge is 0.243 e. The molecule has 0 atom stereocenters. The van der Waals surface area contributed by atoms with Crippen LogP contribution in [-0.4, -0.2) is 9.55 Å². The molecule has 0 aliphatic carbocycles. The summed E-state index contributed by atoms with van der Waals surface area (Å²) in [6, 6.07) is 0. The van der Waals surface area contributed by atoms with Gasteiger partial charge in [0, 0.05) is 0 Å². The molecule has 4 nitrogen and oxygen atoms in total. The predicted molar refractivity (Wildman–Crippen MR) is 74.4 cm³/mol. The zero-order valence-corrected chi connectivity index (χ0v) is 12.0. The molecule has 4 heteroatoms. The Morgan fingerprint density at radius 1 is 1.00 bits per heavy atom. The molecule has 104 valence electrons. The third-order valence-electron chi connectivity index (χ3n) is 3.45. The molecular formula is C15H26N4+2. The van der Waals surface area contributed by atoms with E-state index < -0.39 is 0 Å². The lowest BCUT2D eigenvalue weighted by atomic mass is 10.2. The lowest BCUT2D eigenvalue weighted by molar-refractivity contribution is -0.700. The lowest BCUT2D eigenvalue weighted by Gasteiger charge is -1.98. The number of hydrogen-bond acceptors (Lipinski definition) is 0. The average molecular weight is 262 g/mol. The first-order valence-electron chi connectivity index (χ1n) is 7.45. The molecule has 0 spiro atoms. The second-order valence-corrected chi connectivity index (χ2v) is 5.15. The molecule has 2 heterocycles. The number of aromatic nitrogens is 4. The second kappa shape index (κ2) is 7.77. The summed E-state index contributed by atoms with van der Waals surface area (Å²) in [7, 11) is 0. The fraction of sp³-hybridized carbons (Fsp3) is 0.600. The van der Waals surface area contributed by atoms with Gasteiger partial charge in [-0.25, -0.2) is 13.7 Å². The van der Waals surface area contributed by atoms with E-state index in [1.165, 1.54) is 32.1 Å². The Kier molecular flexibility index (Phi) is 5.66. The Labute approximate surface area is 115 Å². The van der Waals surface area contributed by atoms with Crippen molar-refractivity contribution < 1.29 is 9.13 Å². The molecule has 19 heavy (non-hydrogen) atoms. The number of imidazole rings is 2. The van der Waals surface area contributed by atoms with E-state index in [0.29, 0.717) is 0 Å². The number of aryl methyl sites for hydroxylation is 3. The molecule has 0 unspecified atom stereocenters. The maximum absolute atomic E-state index is 3.07. The van der Waals surface area contributed by atoms with E-state index in [4.69, 9.17) is 0 Å². The Bertz CT molecular complexity index is 444. The van der Waals surface area contributed by atoms with Gasteiger partial charge < -0.3 is 0 Å². The number of H-pyrrole nitrogens is 1. The highest BCUT2D eigenvalue weighted by Gasteiger charge is 2.03. The van der Waals surface area contributed by atoms with Crippen LogP contribution >= 0.6 is 0 Å². The van der Waals surface area contributed by atoms with Crippen LogP contribution in [0.1, 0.15) is 39.0 Å². The summed E-state index contributed by atoms with van der Waals surface area (Å²) in [4.78, 5) is 3.07. The van der Waals surface area contributed by atoms with Crippen LogP contribution in [0.3, 0.4) is 0 Å². The molecule has 2 aromatic heterocycles. The number of nitrogens with one attached hydrogen (secondary N) is 1. The molecule has 2 rings (SSSR count). The third kappa shape index (κ3) is 4.89. The van der Waals surface area contributed by atoms with Crippen LogP contribution in [0.4, 0.5) is 0 Å². The third-order valence-corrected chi connectivity index (χ3v) is 3.45. The highest BCUT2D eigenvalue weighted by Crippen LogP contribution is 1.97. The van der Waals surface area contributed by atoms with E-state index in [1.807, 2.05) is 12.5 Å². The molecule has 0 aliphatic heterocycles. The van der Waals surface area contributed by atoms with Gasteiger partial charge in [0.25, 0.3) is 0 Å². The molecule has 0 bridgehead atoms. The van der Waals surface area contributed by atoms with Crippen molar-refractivity contribution in [1.29, 1.82) is 0 Å². The Morgan fingerprint density at radius 3 is 2.58 bits per heavy atom. The van der Waals surface area contributed by atoms with Crippen molar-refractivity contribution in [2.75, 3.05) is 0 Å². The van der Waals surface area contributed by atoms with Crippen LogP contribution in [0, 0.1) is 0 Å². The van der Waals surface area contributed by atoms with Gasteiger partial charge in [-0.2, -0.15) is 0 Å². The van der Waals surface area contributed by atoms with Gasteiger partial charge in [0.05, 0.1) is 19.6 Å². The molecule has 0 aliphatic rings. The summed E-state index contributed by atoms with van der Waals surface area (Å²) < 4.78 is 6.80. The van der Waals surface area contributed by atoms with Crippen LogP contribution < -0.4 is 9.13 Å². The summed E-state index contributed by atoms with van der Waals surface area (Å²) >= 11 is 0. The van der Waals surface area contributed by atoms with Crippen LogP contribution in [0.15, 0.2) is 37.4 Å². The van der Waals surface area contributed by atoms with Crippen LogP contribution in [0.5, 0.6) is 0 Å². The van der Waals surface area contributed by atoms with Crippen LogP contribution in [0.2, 0.25) is 0 Å². The van der Waals surface area contributed by atoms with E-state index in [-0.39, 0.29) is 0 Å². The van der Waals surface area contributed by atoms with Crippen LogP contribution in [0.25, 0.3) is 0 Å². The minimum absolute atomic E-state index is 1.12. The Balaban J connectivity index is 1.58. The Hall–Kier alpha value is -1.58. The molecule has 0 fully saturated rings. The summed E-state index contributed by atoms with van der Waals surface area (Å²) in [5, 5.41) is 0. The number of rotatable bonds is 9. The van der Waals surface area contributed by atoms with Crippen molar-refractivity contribution in [3.8, 4) is 0 Å². The van der Waals surface area contributed by atoms with Gasteiger partial charge in [-0.15, -0.1) is 0 Å². The van der Waals surface area contributed by atoms with E-state index in [9.17, 15) is 0 Å². The van der Waals surface area contributed by atoms with Gasteiger partial charge in [0.1, 0.15) is 24.8 Å². The largest absolute Gasteiger partial charge is 0.250 e. The molecule has 2 aromatic rings. The fourth-order valence-electron chi connectivity index (χ4n) is 2.27. The average Bonchev–Trinajstić information content (AvgIpc) is 3.07. The zero-order valence-electron chi connectivity index (χ0n) is 12.0. The molecule has 0 saturated carbocycles. The molecule has 0 amide bonds. The summed E-state index contributed by atoms with van der Waals surface area (Å²) in [6.07, 6.45) is 19.0. The maximum atomic E-state index is 3.07. The topological polar surface area (TPSA) is 28.5 Å². The molecule has 0 aromatic carbocycles. The van der Waals surface area contributed by atoms with Crippen molar-refractivity contribution in [3.05, 3.63) is 37.4 Å². The van der Waals surface area contributed by atoms with Crippen molar-refractivity contribution in [2.24, 2.45) is 0 Å². The second-order valence-electron chi connectivity index (χ2n) is 5.15. The van der Waals surface area contributed by atoms with Gasteiger partial charge in [-0.1, -0.05) is 13.3 Å². The summed E-state index contributed by atoms with van der Waals surface area (Å²) in [6.45, 7) is 5.64. The highest BCUT2D eigenvalue weighted by atomic mass is 15.1. The van der Waals surface area contributed by atoms with Crippen molar-refractivity contribution in [2.45, 2.75) is 58.7 Å². The Morgan fingerprint density at radius 2 is 1.84 bits per heavy atom. The molecule has 0 radical (unpaired) electrons. The zero-order chi connectivity index (χ0) is 13.3. The number of nitrogens with zero attached hydrogens (tertiary/aromatic N) is 3. The van der Waals surface area contributed by atoms with E-state index in [2.05, 4.69) is 50.5 Å². The molecule has 1 N–H and O–H groups in total. The molecule has 0 saturated heterocycles. The van der Waals surface area contributed by atoms with Crippen molar-refractivity contribution in [3.63, 3.8) is 0 Å². The minimum atomic E-state index is 1.12. The van der Waals surface area contributed by atoms with Gasteiger partial charge in [0.2, 0.25) is 12.7 Å². The maximum Gasteiger partial charge on any atom is 0.243 e.